The molecule has 1 heterocycles. The van der Waals surface area contributed by atoms with Crippen LogP contribution in [0.5, 0.6) is 17.2 Å². The van der Waals surface area contributed by atoms with Crippen LogP contribution in [-0.2, 0) is 0 Å². The molecule has 0 spiro atoms. The Morgan fingerprint density at radius 2 is 1.58 bits per heavy atom. The van der Waals surface area contributed by atoms with Gasteiger partial charge in [-0.3, -0.25) is 4.98 Å². The Hall–Kier alpha value is -2.41. The summed E-state index contributed by atoms with van der Waals surface area (Å²) in [5, 5.41) is 4.99. The molecule has 0 aliphatic rings. The van der Waals surface area contributed by atoms with Gasteiger partial charge in [-0.05, 0) is 24.3 Å². The molecule has 0 amide bonds. The van der Waals surface area contributed by atoms with Gasteiger partial charge in [0.25, 0.3) is 0 Å². The minimum absolute atomic E-state index is 0. The van der Waals surface area contributed by atoms with E-state index in [4.69, 9.17) is 25.8 Å². The molecule has 2 aromatic carbocycles. The number of anilines is 2. The molecule has 140 valence electrons. The van der Waals surface area contributed by atoms with Crippen LogP contribution in [0.1, 0.15) is 0 Å². The van der Waals surface area contributed by atoms with E-state index in [1.807, 2.05) is 36.4 Å². The standard InChI is InChI=1S/C18H17ClN2O3.ClH.H2O/c1-22-16-9-12(10-17(23-2)18(16)24-3)21-14-6-7-20-15-8-11(19)4-5-13(14)15;;/h4-10H,1-3H3,(H,20,21);1H;1H2. The fourth-order valence-electron chi connectivity index (χ4n) is 2.54. The van der Waals surface area contributed by atoms with Gasteiger partial charge in [0, 0.05) is 40.1 Å². The average Bonchev–Trinajstić information content (AvgIpc) is 2.60. The van der Waals surface area contributed by atoms with Crippen LogP contribution in [0.15, 0.2) is 42.6 Å². The van der Waals surface area contributed by atoms with E-state index >= 15 is 0 Å². The number of nitrogens with zero attached hydrogens (tertiary/aromatic N) is 1. The molecule has 8 heteroatoms. The highest BCUT2D eigenvalue weighted by atomic mass is 35.5. The summed E-state index contributed by atoms with van der Waals surface area (Å²) in [6, 6.07) is 11.2. The van der Waals surface area contributed by atoms with Gasteiger partial charge in [0.05, 0.1) is 26.8 Å². The van der Waals surface area contributed by atoms with Crippen LogP contribution >= 0.6 is 24.0 Å². The molecule has 26 heavy (non-hydrogen) atoms. The molecule has 3 N–H and O–H groups in total. The first-order chi connectivity index (χ1) is 11.7. The molecule has 1 aromatic heterocycles. The lowest BCUT2D eigenvalue weighted by molar-refractivity contribution is 0.324. The Morgan fingerprint density at radius 1 is 0.923 bits per heavy atom. The summed E-state index contributed by atoms with van der Waals surface area (Å²) in [6.45, 7) is 0. The molecular weight excluding hydrogens is 379 g/mol. The fraction of sp³-hybridized carbons (Fsp3) is 0.167. The summed E-state index contributed by atoms with van der Waals surface area (Å²) in [5.41, 5.74) is 2.54. The Morgan fingerprint density at radius 3 is 2.15 bits per heavy atom. The number of benzene rings is 2. The van der Waals surface area contributed by atoms with Crippen molar-refractivity contribution in [2.75, 3.05) is 26.6 Å². The zero-order chi connectivity index (χ0) is 17.1. The quantitative estimate of drug-likeness (QED) is 0.693. The van der Waals surface area contributed by atoms with Crippen LogP contribution in [-0.4, -0.2) is 31.8 Å². The molecule has 6 nitrogen and oxygen atoms in total. The molecule has 0 aliphatic carbocycles. The molecule has 0 saturated heterocycles. The summed E-state index contributed by atoms with van der Waals surface area (Å²) in [5.74, 6) is 1.72. The number of halogens is 2. The number of pyridine rings is 1. The molecule has 0 bridgehead atoms. The van der Waals surface area contributed by atoms with Crippen LogP contribution in [0.4, 0.5) is 11.4 Å². The lowest BCUT2D eigenvalue weighted by Crippen LogP contribution is -1.98. The van der Waals surface area contributed by atoms with E-state index < -0.39 is 0 Å². The third kappa shape index (κ3) is 4.22. The van der Waals surface area contributed by atoms with Crippen LogP contribution in [0.2, 0.25) is 5.02 Å². The van der Waals surface area contributed by atoms with E-state index in [0.717, 1.165) is 22.3 Å². The Bertz CT molecular complexity index is 865. The molecule has 0 saturated carbocycles. The van der Waals surface area contributed by atoms with Crippen LogP contribution in [0, 0.1) is 0 Å². The van der Waals surface area contributed by atoms with Crippen LogP contribution in [0.25, 0.3) is 10.9 Å². The van der Waals surface area contributed by atoms with Crippen LogP contribution < -0.4 is 19.5 Å². The summed E-state index contributed by atoms with van der Waals surface area (Å²) in [7, 11) is 4.75. The third-order valence-electron chi connectivity index (χ3n) is 3.65. The number of hydrogen-bond acceptors (Lipinski definition) is 5. The number of hydrogen-bond donors (Lipinski definition) is 1. The van der Waals surface area contributed by atoms with E-state index in [0.29, 0.717) is 22.3 Å². The first-order valence-corrected chi connectivity index (χ1v) is 7.65. The highest BCUT2D eigenvalue weighted by molar-refractivity contribution is 6.31. The van der Waals surface area contributed by atoms with Gasteiger partial charge in [-0.2, -0.15) is 0 Å². The van der Waals surface area contributed by atoms with Crippen molar-refractivity contribution in [1.29, 1.82) is 0 Å². The first kappa shape index (κ1) is 21.6. The maximum Gasteiger partial charge on any atom is 0.203 e. The molecule has 0 fully saturated rings. The number of aromatic nitrogens is 1. The maximum absolute atomic E-state index is 6.04. The van der Waals surface area contributed by atoms with Gasteiger partial charge in [0.15, 0.2) is 11.5 Å². The normalized spacial score (nSPS) is 9.69. The van der Waals surface area contributed by atoms with Gasteiger partial charge < -0.3 is 25.0 Å². The van der Waals surface area contributed by atoms with Gasteiger partial charge in [-0.1, -0.05) is 11.6 Å². The zero-order valence-electron chi connectivity index (χ0n) is 14.5. The van der Waals surface area contributed by atoms with Crippen molar-refractivity contribution < 1.29 is 19.7 Å². The monoisotopic (exact) mass is 398 g/mol. The number of nitrogens with one attached hydrogen (secondary N) is 1. The van der Waals surface area contributed by atoms with E-state index in [-0.39, 0.29) is 17.9 Å². The van der Waals surface area contributed by atoms with Gasteiger partial charge in [0.2, 0.25) is 5.75 Å². The zero-order valence-corrected chi connectivity index (χ0v) is 16.1. The summed E-state index contributed by atoms with van der Waals surface area (Å²) >= 11 is 6.04. The smallest absolute Gasteiger partial charge is 0.203 e. The van der Waals surface area contributed by atoms with E-state index in [2.05, 4.69) is 10.3 Å². The summed E-state index contributed by atoms with van der Waals surface area (Å²) < 4.78 is 16.1. The van der Waals surface area contributed by atoms with Crippen molar-refractivity contribution in [3.05, 3.63) is 47.6 Å². The minimum atomic E-state index is 0. The fourth-order valence-corrected chi connectivity index (χ4v) is 2.71. The average molecular weight is 399 g/mol. The van der Waals surface area contributed by atoms with E-state index in [9.17, 15) is 0 Å². The van der Waals surface area contributed by atoms with Crippen molar-refractivity contribution >= 4 is 46.3 Å². The summed E-state index contributed by atoms with van der Waals surface area (Å²) in [4.78, 5) is 4.35. The predicted molar refractivity (Wildman–Crippen MR) is 107 cm³/mol. The van der Waals surface area contributed by atoms with Crippen molar-refractivity contribution in [2.45, 2.75) is 0 Å². The summed E-state index contributed by atoms with van der Waals surface area (Å²) in [6.07, 6.45) is 1.74. The van der Waals surface area contributed by atoms with Crippen LogP contribution in [0.3, 0.4) is 0 Å². The second-order valence-corrected chi connectivity index (χ2v) is 5.50. The number of rotatable bonds is 5. The Balaban J connectivity index is 0.00000169. The number of ether oxygens (including phenoxy) is 3. The minimum Gasteiger partial charge on any atom is -0.493 e. The molecular formula is C18H20Cl2N2O4. The van der Waals surface area contributed by atoms with Gasteiger partial charge in [-0.25, -0.2) is 0 Å². The van der Waals surface area contributed by atoms with Gasteiger partial charge in [-0.15, -0.1) is 12.4 Å². The Labute approximate surface area is 162 Å². The Kier molecular flexibility index (Phi) is 7.76. The second kappa shape index (κ2) is 9.33. The highest BCUT2D eigenvalue weighted by Crippen LogP contribution is 2.41. The number of fused-ring (bicyclic) bond motifs is 1. The van der Waals surface area contributed by atoms with E-state index in [1.165, 1.54) is 0 Å². The third-order valence-corrected chi connectivity index (χ3v) is 3.88. The molecule has 0 atom stereocenters. The molecule has 0 unspecified atom stereocenters. The topological polar surface area (TPSA) is 84.1 Å². The molecule has 3 rings (SSSR count). The SMILES string of the molecule is COc1cc(Nc2ccnc3cc(Cl)ccc23)cc(OC)c1OC.Cl.O. The first-order valence-electron chi connectivity index (χ1n) is 7.27. The van der Waals surface area contributed by atoms with Crippen molar-refractivity contribution in [3.8, 4) is 17.2 Å². The second-order valence-electron chi connectivity index (χ2n) is 5.06. The molecule has 3 aromatic rings. The van der Waals surface area contributed by atoms with Crippen molar-refractivity contribution in [1.82, 2.24) is 4.98 Å². The van der Waals surface area contributed by atoms with E-state index in [1.54, 1.807) is 27.5 Å². The van der Waals surface area contributed by atoms with Gasteiger partial charge >= 0.3 is 0 Å². The lowest BCUT2D eigenvalue weighted by atomic mass is 10.1. The van der Waals surface area contributed by atoms with Gasteiger partial charge in [0.1, 0.15) is 0 Å². The molecule has 0 radical (unpaired) electrons. The molecule has 0 aliphatic heterocycles. The lowest BCUT2D eigenvalue weighted by Gasteiger charge is -2.16. The highest BCUT2D eigenvalue weighted by Gasteiger charge is 2.14. The van der Waals surface area contributed by atoms with Crippen molar-refractivity contribution in [3.63, 3.8) is 0 Å². The largest absolute Gasteiger partial charge is 0.493 e. The van der Waals surface area contributed by atoms with Crippen molar-refractivity contribution in [2.24, 2.45) is 0 Å². The number of methoxy groups -OCH3 is 3. The predicted octanol–water partition coefficient (Wildman–Crippen LogP) is 4.25. The maximum atomic E-state index is 6.04.